The molecule has 2 atom stereocenters. The summed E-state index contributed by atoms with van der Waals surface area (Å²) in [7, 11) is 0. The summed E-state index contributed by atoms with van der Waals surface area (Å²) in [5.41, 5.74) is 0.308. The first kappa shape index (κ1) is 12.0. The molecule has 1 N–H and O–H groups in total. The fourth-order valence-corrected chi connectivity index (χ4v) is 2.07. The SMILES string of the molecule is CCC(C)(CC)NC(C)C1CCOC1. The van der Waals surface area contributed by atoms with Gasteiger partial charge in [0.2, 0.25) is 0 Å². The molecular formula is C12H25NO. The highest BCUT2D eigenvalue weighted by molar-refractivity contribution is 4.86. The van der Waals surface area contributed by atoms with Gasteiger partial charge in [-0.25, -0.2) is 0 Å². The predicted octanol–water partition coefficient (Wildman–Crippen LogP) is 2.58. The lowest BCUT2D eigenvalue weighted by molar-refractivity contribution is 0.169. The van der Waals surface area contributed by atoms with E-state index in [1.807, 2.05) is 0 Å². The quantitative estimate of drug-likeness (QED) is 0.735. The van der Waals surface area contributed by atoms with Crippen LogP contribution in [-0.4, -0.2) is 24.8 Å². The van der Waals surface area contributed by atoms with Crippen molar-refractivity contribution in [2.24, 2.45) is 5.92 Å². The van der Waals surface area contributed by atoms with Crippen molar-refractivity contribution in [3.63, 3.8) is 0 Å². The molecule has 1 heterocycles. The molecule has 0 aliphatic carbocycles. The Morgan fingerprint density at radius 1 is 1.43 bits per heavy atom. The lowest BCUT2D eigenvalue weighted by Crippen LogP contribution is -2.49. The van der Waals surface area contributed by atoms with Gasteiger partial charge in [0, 0.05) is 18.2 Å². The molecule has 2 nitrogen and oxygen atoms in total. The molecule has 1 aliphatic heterocycles. The van der Waals surface area contributed by atoms with E-state index in [4.69, 9.17) is 4.74 Å². The van der Waals surface area contributed by atoms with E-state index in [-0.39, 0.29) is 0 Å². The maximum Gasteiger partial charge on any atom is 0.0509 e. The van der Waals surface area contributed by atoms with Crippen LogP contribution in [0.15, 0.2) is 0 Å². The third kappa shape index (κ3) is 2.96. The van der Waals surface area contributed by atoms with Gasteiger partial charge in [0.25, 0.3) is 0 Å². The van der Waals surface area contributed by atoms with E-state index in [1.54, 1.807) is 0 Å². The van der Waals surface area contributed by atoms with Crippen LogP contribution in [0.25, 0.3) is 0 Å². The van der Waals surface area contributed by atoms with Gasteiger partial charge < -0.3 is 10.1 Å². The van der Waals surface area contributed by atoms with Crippen molar-refractivity contribution < 1.29 is 4.74 Å². The normalized spacial score (nSPS) is 25.3. The zero-order valence-electron chi connectivity index (χ0n) is 10.1. The lowest BCUT2D eigenvalue weighted by atomic mass is 9.91. The van der Waals surface area contributed by atoms with Crippen LogP contribution in [0.1, 0.15) is 47.0 Å². The summed E-state index contributed by atoms with van der Waals surface area (Å²) in [6.45, 7) is 11.0. The Balaban J connectivity index is 2.41. The minimum Gasteiger partial charge on any atom is -0.381 e. The monoisotopic (exact) mass is 199 g/mol. The van der Waals surface area contributed by atoms with E-state index in [2.05, 4.69) is 33.0 Å². The molecule has 0 aromatic heterocycles. The third-order valence-corrected chi connectivity index (χ3v) is 3.81. The number of hydrogen-bond donors (Lipinski definition) is 1. The van der Waals surface area contributed by atoms with E-state index < -0.39 is 0 Å². The fourth-order valence-electron chi connectivity index (χ4n) is 2.07. The van der Waals surface area contributed by atoms with Crippen molar-refractivity contribution >= 4 is 0 Å². The molecule has 84 valence electrons. The average molecular weight is 199 g/mol. The van der Waals surface area contributed by atoms with Gasteiger partial charge in [0.1, 0.15) is 0 Å². The largest absolute Gasteiger partial charge is 0.381 e. The van der Waals surface area contributed by atoms with Crippen molar-refractivity contribution in [2.45, 2.75) is 58.5 Å². The number of nitrogens with one attached hydrogen (secondary N) is 1. The minimum atomic E-state index is 0.308. The lowest BCUT2D eigenvalue weighted by Gasteiger charge is -2.34. The Morgan fingerprint density at radius 2 is 2.07 bits per heavy atom. The summed E-state index contributed by atoms with van der Waals surface area (Å²) in [4.78, 5) is 0. The topological polar surface area (TPSA) is 21.3 Å². The van der Waals surface area contributed by atoms with Crippen molar-refractivity contribution in [1.29, 1.82) is 0 Å². The minimum absolute atomic E-state index is 0.308. The molecule has 1 aliphatic rings. The second-order valence-corrected chi connectivity index (χ2v) is 4.82. The van der Waals surface area contributed by atoms with E-state index in [0.29, 0.717) is 17.5 Å². The van der Waals surface area contributed by atoms with Crippen molar-refractivity contribution in [1.82, 2.24) is 5.32 Å². The van der Waals surface area contributed by atoms with Gasteiger partial charge in [-0.05, 0) is 39.0 Å². The van der Waals surface area contributed by atoms with E-state index in [0.717, 1.165) is 13.2 Å². The number of ether oxygens (including phenoxy) is 1. The molecule has 2 heteroatoms. The summed E-state index contributed by atoms with van der Waals surface area (Å²) in [6.07, 6.45) is 3.61. The molecule has 0 radical (unpaired) electrons. The standard InChI is InChI=1S/C12H25NO/c1-5-12(4,6-2)13-10(3)11-7-8-14-9-11/h10-11,13H,5-9H2,1-4H3. The van der Waals surface area contributed by atoms with Crippen LogP contribution in [0.3, 0.4) is 0 Å². The van der Waals surface area contributed by atoms with Gasteiger partial charge in [0.05, 0.1) is 6.61 Å². The van der Waals surface area contributed by atoms with Crippen LogP contribution < -0.4 is 5.32 Å². The van der Waals surface area contributed by atoms with Crippen molar-refractivity contribution in [2.75, 3.05) is 13.2 Å². The van der Waals surface area contributed by atoms with Crippen LogP contribution in [0.5, 0.6) is 0 Å². The first-order valence-electron chi connectivity index (χ1n) is 5.96. The van der Waals surface area contributed by atoms with E-state index in [1.165, 1.54) is 19.3 Å². The van der Waals surface area contributed by atoms with Crippen LogP contribution in [0, 0.1) is 5.92 Å². The Bertz CT molecular complexity index is 160. The first-order chi connectivity index (χ1) is 6.61. The molecule has 1 fully saturated rings. The smallest absolute Gasteiger partial charge is 0.0509 e. The molecule has 0 spiro atoms. The molecule has 0 amide bonds. The Morgan fingerprint density at radius 3 is 2.50 bits per heavy atom. The molecule has 1 saturated heterocycles. The highest BCUT2D eigenvalue weighted by Crippen LogP contribution is 2.21. The Labute approximate surface area is 88.4 Å². The summed E-state index contributed by atoms with van der Waals surface area (Å²) >= 11 is 0. The van der Waals surface area contributed by atoms with E-state index >= 15 is 0 Å². The summed E-state index contributed by atoms with van der Waals surface area (Å²) < 4.78 is 5.42. The second-order valence-electron chi connectivity index (χ2n) is 4.82. The van der Waals surface area contributed by atoms with Crippen LogP contribution in [0.4, 0.5) is 0 Å². The summed E-state index contributed by atoms with van der Waals surface area (Å²) in [6, 6.07) is 0.586. The molecule has 2 unspecified atom stereocenters. The zero-order valence-corrected chi connectivity index (χ0v) is 10.1. The first-order valence-corrected chi connectivity index (χ1v) is 5.96. The Hall–Kier alpha value is -0.0800. The van der Waals surface area contributed by atoms with Crippen LogP contribution in [-0.2, 0) is 4.74 Å². The van der Waals surface area contributed by atoms with Gasteiger partial charge >= 0.3 is 0 Å². The number of rotatable bonds is 5. The Kier molecular flexibility index (Phi) is 4.39. The van der Waals surface area contributed by atoms with Gasteiger partial charge in [-0.2, -0.15) is 0 Å². The average Bonchev–Trinajstić information content (AvgIpc) is 2.70. The molecule has 0 aromatic carbocycles. The molecule has 0 bridgehead atoms. The van der Waals surface area contributed by atoms with Gasteiger partial charge in [-0.1, -0.05) is 13.8 Å². The maximum absolute atomic E-state index is 5.42. The maximum atomic E-state index is 5.42. The summed E-state index contributed by atoms with van der Waals surface area (Å²) in [5.74, 6) is 0.715. The van der Waals surface area contributed by atoms with Crippen molar-refractivity contribution in [3.8, 4) is 0 Å². The molecule has 14 heavy (non-hydrogen) atoms. The van der Waals surface area contributed by atoms with Crippen molar-refractivity contribution in [3.05, 3.63) is 0 Å². The fraction of sp³-hybridized carbons (Fsp3) is 1.00. The third-order valence-electron chi connectivity index (χ3n) is 3.81. The molecule has 1 rings (SSSR count). The molecular weight excluding hydrogens is 174 g/mol. The van der Waals surface area contributed by atoms with Crippen LogP contribution in [0.2, 0.25) is 0 Å². The second kappa shape index (κ2) is 5.13. The van der Waals surface area contributed by atoms with Gasteiger partial charge in [-0.3, -0.25) is 0 Å². The number of hydrogen-bond acceptors (Lipinski definition) is 2. The van der Waals surface area contributed by atoms with Crippen LogP contribution >= 0.6 is 0 Å². The van der Waals surface area contributed by atoms with Gasteiger partial charge in [-0.15, -0.1) is 0 Å². The van der Waals surface area contributed by atoms with E-state index in [9.17, 15) is 0 Å². The molecule has 0 aromatic rings. The highest BCUT2D eigenvalue weighted by atomic mass is 16.5. The highest BCUT2D eigenvalue weighted by Gasteiger charge is 2.28. The zero-order chi connectivity index (χ0) is 10.6. The molecule has 0 saturated carbocycles. The van der Waals surface area contributed by atoms with Gasteiger partial charge in [0.15, 0.2) is 0 Å². The summed E-state index contributed by atoms with van der Waals surface area (Å²) in [5, 5.41) is 3.75. The predicted molar refractivity (Wildman–Crippen MR) is 60.5 cm³/mol.